The quantitative estimate of drug-likeness (QED) is 0.553. The van der Waals surface area contributed by atoms with E-state index in [9.17, 15) is 18.0 Å². The average molecular weight is 462 g/mol. The molecule has 1 N–H and O–H groups in total. The largest absolute Gasteiger partial charge is 0.497 e. The summed E-state index contributed by atoms with van der Waals surface area (Å²) < 4.78 is 30.0. The van der Waals surface area contributed by atoms with Gasteiger partial charge in [0.25, 0.3) is 0 Å². The second kappa shape index (κ2) is 11.6. The molecule has 0 aliphatic carbocycles. The molecule has 0 radical (unpaired) electrons. The number of sulfonamides is 1. The highest BCUT2D eigenvalue weighted by atomic mass is 32.2. The van der Waals surface area contributed by atoms with Crippen LogP contribution in [-0.4, -0.2) is 62.9 Å². The van der Waals surface area contributed by atoms with Gasteiger partial charge in [-0.1, -0.05) is 49.4 Å². The van der Waals surface area contributed by atoms with Crippen LogP contribution in [0.4, 0.5) is 0 Å². The molecular weight excluding hydrogens is 430 g/mol. The Labute approximate surface area is 190 Å². The summed E-state index contributed by atoms with van der Waals surface area (Å²) in [5.74, 6) is -0.125. The summed E-state index contributed by atoms with van der Waals surface area (Å²) in [5, 5.41) is 2.87. The fraction of sp³-hybridized carbons (Fsp3) is 0.391. The minimum atomic E-state index is -3.57. The van der Waals surface area contributed by atoms with Crippen LogP contribution in [0.25, 0.3) is 0 Å². The lowest BCUT2D eigenvalue weighted by molar-refractivity contribution is -0.141. The van der Waals surface area contributed by atoms with Crippen LogP contribution in [0.3, 0.4) is 0 Å². The van der Waals surface area contributed by atoms with Crippen molar-refractivity contribution in [3.05, 3.63) is 65.7 Å². The third kappa shape index (κ3) is 7.06. The molecule has 2 amide bonds. The van der Waals surface area contributed by atoms with Gasteiger partial charge >= 0.3 is 0 Å². The zero-order chi connectivity index (χ0) is 23.7. The number of carbonyl (C=O) groups excluding carboxylic acids is 2. The zero-order valence-corrected chi connectivity index (χ0v) is 19.8. The number of benzene rings is 2. The molecule has 0 aromatic heterocycles. The Bertz CT molecular complexity index is 994. The van der Waals surface area contributed by atoms with Gasteiger partial charge < -0.3 is 15.0 Å². The summed E-state index contributed by atoms with van der Waals surface area (Å²) >= 11 is 0. The highest BCUT2D eigenvalue weighted by molar-refractivity contribution is 7.88. The highest BCUT2D eigenvalue weighted by Gasteiger charge is 2.32. The Morgan fingerprint density at radius 3 is 2.22 bits per heavy atom. The number of methoxy groups -OCH3 is 1. The van der Waals surface area contributed by atoms with Crippen molar-refractivity contribution in [1.29, 1.82) is 0 Å². The molecule has 174 valence electrons. The molecule has 2 aromatic carbocycles. The fourth-order valence-electron chi connectivity index (χ4n) is 3.10. The molecule has 0 aliphatic rings. The number of amides is 2. The van der Waals surface area contributed by atoms with Gasteiger partial charge in [-0.15, -0.1) is 0 Å². The zero-order valence-electron chi connectivity index (χ0n) is 18.9. The Kier molecular flexibility index (Phi) is 9.22. The molecule has 0 saturated heterocycles. The normalized spacial score (nSPS) is 12.3. The van der Waals surface area contributed by atoms with Gasteiger partial charge in [-0.2, -0.15) is 4.31 Å². The monoisotopic (exact) mass is 461 g/mol. The predicted molar refractivity (Wildman–Crippen MR) is 124 cm³/mol. The van der Waals surface area contributed by atoms with Crippen LogP contribution >= 0.6 is 0 Å². The van der Waals surface area contributed by atoms with Gasteiger partial charge in [-0.25, -0.2) is 8.42 Å². The molecule has 1 atom stereocenters. The fourth-order valence-corrected chi connectivity index (χ4v) is 3.45. The van der Waals surface area contributed by atoms with E-state index in [1.165, 1.54) is 11.9 Å². The minimum Gasteiger partial charge on any atom is -0.497 e. The smallest absolute Gasteiger partial charge is 0.247 e. The van der Waals surface area contributed by atoms with E-state index in [0.717, 1.165) is 22.5 Å². The Morgan fingerprint density at radius 1 is 1.06 bits per heavy atom. The number of hydrogen-bond acceptors (Lipinski definition) is 5. The van der Waals surface area contributed by atoms with Gasteiger partial charge in [-0.3, -0.25) is 9.59 Å². The first-order valence-electron chi connectivity index (χ1n) is 10.3. The Morgan fingerprint density at radius 2 is 1.69 bits per heavy atom. The van der Waals surface area contributed by atoms with E-state index in [2.05, 4.69) is 5.32 Å². The first-order chi connectivity index (χ1) is 15.2. The molecule has 8 nitrogen and oxygen atoms in total. The van der Waals surface area contributed by atoms with Crippen molar-refractivity contribution in [2.75, 3.05) is 33.5 Å². The number of likely N-dealkylation sites (N-methyl/N-ethyl adjacent to an activating group) is 1. The van der Waals surface area contributed by atoms with Crippen LogP contribution in [0, 0.1) is 0 Å². The number of nitrogens with zero attached hydrogens (tertiary/aromatic N) is 2. The first-order valence-corrected chi connectivity index (χ1v) is 12.2. The predicted octanol–water partition coefficient (Wildman–Crippen LogP) is 2.18. The molecule has 9 heteroatoms. The number of rotatable bonds is 11. The molecule has 32 heavy (non-hydrogen) atoms. The Balaban J connectivity index is 2.47. The van der Waals surface area contributed by atoms with Crippen molar-refractivity contribution >= 4 is 21.8 Å². The molecule has 0 heterocycles. The minimum absolute atomic E-state index is 0.125. The van der Waals surface area contributed by atoms with E-state index >= 15 is 0 Å². The molecule has 0 unspecified atom stereocenters. The van der Waals surface area contributed by atoms with Crippen molar-refractivity contribution in [3.63, 3.8) is 0 Å². The SMILES string of the molecule is CCCNC(=O)[C@H](c1ccccc1)N(Cc1ccc(OC)cc1)C(=O)CN(C)S(C)(=O)=O. The average Bonchev–Trinajstić information content (AvgIpc) is 2.77. The third-order valence-electron chi connectivity index (χ3n) is 4.98. The number of hydrogen-bond donors (Lipinski definition) is 1. The lowest BCUT2D eigenvalue weighted by atomic mass is 10.0. The lowest BCUT2D eigenvalue weighted by Crippen LogP contribution is -2.47. The molecule has 2 rings (SSSR count). The molecule has 0 aliphatic heterocycles. The van der Waals surface area contributed by atoms with E-state index < -0.39 is 22.0 Å². The van der Waals surface area contributed by atoms with E-state index in [-0.39, 0.29) is 19.0 Å². The van der Waals surface area contributed by atoms with Crippen LogP contribution in [0.15, 0.2) is 54.6 Å². The van der Waals surface area contributed by atoms with Crippen LogP contribution in [0.2, 0.25) is 0 Å². The maximum atomic E-state index is 13.3. The topological polar surface area (TPSA) is 96.0 Å². The maximum Gasteiger partial charge on any atom is 0.247 e. The van der Waals surface area contributed by atoms with Crippen LogP contribution < -0.4 is 10.1 Å². The second-order valence-corrected chi connectivity index (χ2v) is 9.58. The summed E-state index contributed by atoms with van der Waals surface area (Å²) in [6.45, 7) is 2.16. The van der Waals surface area contributed by atoms with Crippen LogP contribution in [0.1, 0.15) is 30.5 Å². The van der Waals surface area contributed by atoms with Crippen LogP contribution in [-0.2, 0) is 26.2 Å². The van der Waals surface area contributed by atoms with Crippen molar-refractivity contribution in [2.45, 2.75) is 25.9 Å². The highest BCUT2D eigenvalue weighted by Crippen LogP contribution is 2.25. The van der Waals surface area contributed by atoms with Gasteiger partial charge in [0.2, 0.25) is 21.8 Å². The van der Waals surface area contributed by atoms with Crippen molar-refractivity contribution < 1.29 is 22.7 Å². The summed E-state index contributed by atoms with van der Waals surface area (Å²) in [4.78, 5) is 27.9. The number of nitrogens with one attached hydrogen (secondary N) is 1. The first kappa shape index (κ1) is 25.4. The van der Waals surface area contributed by atoms with Crippen molar-refractivity contribution in [1.82, 2.24) is 14.5 Å². The summed E-state index contributed by atoms with van der Waals surface area (Å²) in [5.41, 5.74) is 1.43. The van der Waals surface area contributed by atoms with Crippen LogP contribution in [0.5, 0.6) is 5.75 Å². The van der Waals surface area contributed by atoms with Crippen molar-refractivity contribution in [2.24, 2.45) is 0 Å². The second-order valence-electron chi connectivity index (χ2n) is 7.49. The van der Waals surface area contributed by atoms with Crippen molar-refractivity contribution in [3.8, 4) is 5.75 Å². The standard InChI is InChI=1S/C23H31N3O5S/c1-5-15-24-23(28)22(19-9-7-6-8-10-19)26(21(27)17-25(2)32(4,29)30)16-18-11-13-20(31-3)14-12-18/h6-14,22H,5,15-17H2,1-4H3,(H,24,28)/t22-/m0/s1. The Hall–Kier alpha value is -2.91. The van der Waals surface area contributed by atoms with E-state index in [0.29, 0.717) is 17.9 Å². The third-order valence-corrected chi connectivity index (χ3v) is 6.24. The maximum absolute atomic E-state index is 13.3. The van der Waals surface area contributed by atoms with E-state index in [1.54, 1.807) is 43.5 Å². The van der Waals surface area contributed by atoms with E-state index in [1.807, 2.05) is 25.1 Å². The summed E-state index contributed by atoms with van der Waals surface area (Å²) in [6.07, 6.45) is 1.78. The summed E-state index contributed by atoms with van der Waals surface area (Å²) in [6, 6.07) is 15.3. The molecule has 0 spiro atoms. The molecule has 2 aromatic rings. The number of carbonyl (C=O) groups is 2. The molecule has 0 fully saturated rings. The van der Waals surface area contributed by atoms with Gasteiger partial charge in [-0.05, 0) is 29.7 Å². The van der Waals surface area contributed by atoms with Gasteiger partial charge in [0.1, 0.15) is 11.8 Å². The van der Waals surface area contributed by atoms with Gasteiger partial charge in [0.05, 0.1) is 19.9 Å². The lowest BCUT2D eigenvalue weighted by Gasteiger charge is -2.32. The van der Waals surface area contributed by atoms with Gasteiger partial charge in [0.15, 0.2) is 0 Å². The molecular formula is C23H31N3O5S. The summed E-state index contributed by atoms with van der Waals surface area (Å²) in [7, 11) is -0.664. The molecule has 0 saturated carbocycles. The van der Waals surface area contributed by atoms with Gasteiger partial charge in [0, 0.05) is 20.1 Å². The number of ether oxygens (including phenoxy) is 1. The van der Waals surface area contributed by atoms with E-state index in [4.69, 9.17) is 4.74 Å². The molecule has 0 bridgehead atoms.